The highest BCUT2D eigenvalue weighted by Crippen LogP contribution is 2.21. The molecule has 146 valence electrons. The molecule has 0 aromatic heterocycles. The Hall–Kier alpha value is -1.44. The van der Waals surface area contributed by atoms with E-state index >= 15 is 0 Å². The largest absolute Gasteiger partial charge is 0.381 e. The van der Waals surface area contributed by atoms with Gasteiger partial charge in [-0.15, -0.1) is 0 Å². The minimum absolute atomic E-state index is 0.190. The second kappa shape index (κ2) is 10.6. The Balaban J connectivity index is 1.88. The predicted molar refractivity (Wildman–Crippen MR) is 102 cm³/mol. The lowest BCUT2D eigenvalue weighted by molar-refractivity contribution is 0.0940. The number of sulfonamides is 1. The fourth-order valence-electron chi connectivity index (χ4n) is 2.88. The van der Waals surface area contributed by atoms with Crippen molar-refractivity contribution in [1.29, 1.82) is 0 Å². The molecule has 2 rings (SSSR count). The summed E-state index contributed by atoms with van der Waals surface area (Å²) in [6.07, 6.45) is 5.73. The van der Waals surface area contributed by atoms with E-state index in [1.807, 2.05) is 0 Å². The van der Waals surface area contributed by atoms with Crippen molar-refractivity contribution in [1.82, 2.24) is 9.62 Å². The van der Waals surface area contributed by atoms with Crippen molar-refractivity contribution in [2.24, 2.45) is 0 Å². The molecule has 1 aromatic rings. The first-order valence-corrected chi connectivity index (χ1v) is 11.0. The average molecular weight is 383 g/mol. The number of nitrogens with zero attached hydrogens (tertiary/aromatic N) is 1. The zero-order valence-electron chi connectivity index (χ0n) is 15.6. The summed E-state index contributed by atoms with van der Waals surface area (Å²) in [6.45, 7) is 5.09. The normalized spacial score (nSPS) is 15.7. The van der Waals surface area contributed by atoms with Crippen molar-refractivity contribution in [3.63, 3.8) is 0 Å². The molecule has 0 saturated carbocycles. The van der Waals surface area contributed by atoms with Crippen LogP contribution in [0.25, 0.3) is 0 Å². The first kappa shape index (κ1) is 20.9. The molecule has 0 unspecified atom stereocenters. The number of rotatable bonds is 10. The van der Waals surface area contributed by atoms with Crippen molar-refractivity contribution in [3.05, 3.63) is 29.8 Å². The highest BCUT2D eigenvalue weighted by molar-refractivity contribution is 7.89. The van der Waals surface area contributed by atoms with Gasteiger partial charge >= 0.3 is 0 Å². The topological polar surface area (TPSA) is 75.7 Å². The molecule has 7 heteroatoms. The van der Waals surface area contributed by atoms with Gasteiger partial charge in [-0.1, -0.05) is 25.8 Å². The van der Waals surface area contributed by atoms with Crippen molar-refractivity contribution in [3.8, 4) is 0 Å². The molecular formula is C19H30N2O4S. The fraction of sp³-hybridized carbons (Fsp3) is 0.632. The van der Waals surface area contributed by atoms with Gasteiger partial charge in [0.25, 0.3) is 5.91 Å². The molecule has 1 aromatic carbocycles. The third-order valence-corrected chi connectivity index (χ3v) is 6.34. The van der Waals surface area contributed by atoms with Crippen LogP contribution in [-0.4, -0.2) is 51.5 Å². The number of benzene rings is 1. The predicted octanol–water partition coefficient (Wildman–Crippen LogP) is 2.80. The van der Waals surface area contributed by atoms with Crippen LogP contribution in [0.5, 0.6) is 0 Å². The average Bonchev–Trinajstić information content (AvgIpc) is 2.68. The molecule has 1 saturated heterocycles. The van der Waals surface area contributed by atoms with E-state index in [9.17, 15) is 13.2 Å². The first-order valence-electron chi connectivity index (χ1n) is 9.52. The Labute approximate surface area is 157 Å². The molecule has 0 radical (unpaired) electrons. The van der Waals surface area contributed by atoms with E-state index in [1.165, 1.54) is 10.4 Å². The number of carbonyl (C=O) groups excluding carboxylic acids is 1. The molecule has 26 heavy (non-hydrogen) atoms. The molecule has 6 nitrogen and oxygen atoms in total. The molecule has 1 N–H and O–H groups in total. The van der Waals surface area contributed by atoms with Gasteiger partial charge in [-0.2, -0.15) is 4.31 Å². The summed E-state index contributed by atoms with van der Waals surface area (Å²) >= 11 is 0. The molecule has 1 fully saturated rings. The third-order valence-electron chi connectivity index (χ3n) is 4.44. The number of hydrogen-bond acceptors (Lipinski definition) is 4. The fourth-order valence-corrected chi connectivity index (χ4v) is 4.44. The van der Waals surface area contributed by atoms with E-state index in [1.54, 1.807) is 18.2 Å². The van der Waals surface area contributed by atoms with Crippen molar-refractivity contribution >= 4 is 15.9 Å². The molecule has 0 spiro atoms. The molecular weight excluding hydrogens is 352 g/mol. The Kier molecular flexibility index (Phi) is 8.54. The molecule has 0 bridgehead atoms. The standard InChI is InChI=1S/C19H30N2O4S/c1-2-3-14-25-15-8-11-20-19(22)17-9-7-10-18(16-17)26(23,24)21-12-5-4-6-13-21/h7,9-10,16H,2-6,8,11-15H2,1H3,(H,20,22). The van der Waals surface area contributed by atoms with Gasteiger partial charge in [0.05, 0.1) is 4.90 Å². The lowest BCUT2D eigenvalue weighted by atomic mass is 10.2. The Morgan fingerprint density at radius 3 is 2.62 bits per heavy atom. The van der Waals surface area contributed by atoms with Gasteiger partial charge in [0, 0.05) is 38.4 Å². The van der Waals surface area contributed by atoms with Gasteiger partial charge in [0.1, 0.15) is 0 Å². The van der Waals surface area contributed by atoms with Crippen LogP contribution in [0, 0.1) is 0 Å². The quantitative estimate of drug-likeness (QED) is 0.632. The lowest BCUT2D eigenvalue weighted by Crippen LogP contribution is -2.35. The highest BCUT2D eigenvalue weighted by atomic mass is 32.2. The minimum Gasteiger partial charge on any atom is -0.381 e. The van der Waals surface area contributed by atoms with Crippen LogP contribution in [-0.2, 0) is 14.8 Å². The monoisotopic (exact) mass is 382 g/mol. The van der Waals surface area contributed by atoms with Crippen LogP contribution < -0.4 is 5.32 Å². The number of carbonyl (C=O) groups is 1. The summed E-state index contributed by atoms with van der Waals surface area (Å²) in [6, 6.07) is 6.29. The van der Waals surface area contributed by atoms with Crippen molar-refractivity contribution in [2.75, 3.05) is 32.8 Å². The second-order valence-electron chi connectivity index (χ2n) is 6.57. The summed E-state index contributed by atoms with van der Waals surface area (Å²) < 4.78 is 32.4. The van der Waals surface area contributed by atoms with Crippen LogP contribution in [0.15, 0.2) is 29.2 Å². The van der Waals surface area contributed by atoms with Gasteiger partial charge in [-0.05, 0) is 43.9 Å². The van der Waals surface area contributed by atoms with Crippen molar-refractivity contribution in [2.45, 2.75) is 50.3 Å². The minimum atomic E-state index is -3.52. The molecule has 1 aliphatic rings. The molecule has 0 atom stereocenters. The summed E-state index contributed by atoms with van der Waals surface area (Å²) in [5.41, 5.74) is 0.370. The van der Waals surface area contributed by atoms with E-state index in [2.05, 4.69) is 12.2 Å². The zero-order chi connectivity index (χ0) is 18.8. The highest BCUT2D eigenvalue weighted by Gasteiger charge is 2.26. The van der Waals surface area contributed by atoms with Gasteiger partial charge < -0.3 is 10.1 Å². The van der Waals surface area contributed by atoms with E-state index in [0.717, 1.165) is 45.1 Å². The van der Waals surface area contributed by atoms with E-state index in [0.29, 0.717) is 31.8 Å². The Morgan fingerprint density at radius 1 is 1.15 bits per heavy atom. The zero-order valence-corrected chi connectivity index (χ0v) is 16.4. The maximum Gasteiger partial charge on any atom is 0.251 e. The SMILES string of the molecule is CCCCOCCCNC(=O)c1cccc(S(=O)(=O)N2CCCCC2)c1. The third kappa shape index (κ3) is 6.07. The van der Waals surface area contributed by atoms with Gasteiger partial charge in [0.15, 0.2) is 0 Å². The number of hydrogen-bond donors (Lipinski definition) is 1. The molecule has 0 aliphatic carbocycles. The number of amides is 1. The summed E-state index contributed by atoms with van der Waals surface area (Å²) in [5, 5.41) is 2.82. The smallest absolute Gasteiger partial charge is 0.251 e. The van der Waals surface area contributed by atoms with E-state index < -0.39 is 10.0 Å². The van der Waals surface area contributed by atoms with Gasteiger partial charge in [-0.25, -0.2) is 8.42 Å². The summed E-state index contributed by atoms with van der Waals surface area (Å²) in [7, 11) is -3.52. The molecule has 1 heterocycles. The maximum absolute atomic E-state index is 12.7. The van der Waals surface area contributed by atoms with Crippen molar-refractivity contribution < 1.29 is 17.9 Å². The number of nitrogens with one attached hydrogen (secondary N) is 1. The Bertz CT molecular complexity index is 670. The lowest BCUT2D eigenvalue weighted by Gasteiger charge is -2.26. The molecule has 1 amide bonds. The summed E-state index contributed by atoms with van der Waals surface area (Å²) in [5.74, 6) is -0.255. The van der Waals surface area contributed by atoms with Crippen LogP contribution in [0.1, 0.15) is 55.8 Å². The number of piperidine rings is 1. The van der Waals surface area contributed by atoms with E-state index in [-0.39, 0.29) is 10.8 Å². The summed E-state index contributed by atoms with van der Waals surface area (Å²) in [4.78, 5) is 12.5. The van der Waals surface area contributed by atoms with Gasteiger partial charge in [-0.3, -0.25) is 4.79 Å². The van der Waals surface area contributed by atoms with Gasteiger partial charge in [0.2, 0.25) is 10.0 Å². The van der Waals surface area contributed by atoms with Crippen LogP contribution in [0.4, 0.5) is 0 Å². The maximum atomic E-state index is 12.7. The number of ether oxygens (including phenoxy) is 1. The Morgan fingerprint density at radius 2 is 1.88 bits per heavy atom. The second-order valence-corrected chi connectivity index (χ2v) is 8.51. The molecule has 1 aliphatic heterocycles. The van der Waals surface area contributed by atoms with Crippen LogP contribution >= 0.6 is 0 Å². The number of unbranched alkanes of at least 4 members (excludes halogenated alkanes) is 1. The van der Waals surface area contributed by atoms with E-state index in [4.69, 9.17) is 4.74 Å². The van der Waals surface area contributed by atoms with Crippen LogP contribution in [0.2, 0.25) is 0 Å². The first-order chi connectivity index (χ1) is 12.6. The van der Waals surface area contributed by atoms with Crippen LogP contribution in [0.3, 0.4) is 0 Å².